The molecule has 0 aromatic carbocycles. The molecule has 0 amide bonds. The third kappa shape index (κ3) is 3.00. The van der Waals surface area contributed by atoms with Gasteiger partial charge < -0.3 is 4.90 Å². The molecule has 0 saturated carbocycles. The number of aromatic nitrogens is 1. The van der Waals surface area contributed by atoms with Crippen LogP contribution in [0.3, 0.4) is 0 Å². The van der Waals surface area contributed by atoms with E-state index < -0.39 is 11.9 Å². The molecule has 0 N–H and O–H groups in total. The molecule has 1 aliphatic heterocycles. The summed E-state index contributed by atoms with van der Waals surface area (Å²) in [5.74, 6) is 0.205. The van der Waals surface area contributed by atoms with Crippen molar-refractivity contribution in [3.8, 4) is 0 Å². The van der Waals surface area contributed by atoms with Gasteiger partial charge in [0.25, 0.3) is 0 Å². The number of anilines is 1. The molecular weight excluding hydrogens is 269 g/mol. The van der Waals surface area contributed by atoms with Crippen LogP contribution in [0, 0.1) is 0 Å². The molecular formula is C14H15F3N2O. The molecule has 6 heteroatoms. The van der Waals surface area contributed by atoms with Crippen LogP contribution in [-0.4, -0.2) is 24.4 Å². The highest BCUT2D eigenvalue weighted by molar-refractivity contribution is 6.07. The molecule has 108 valence electrons. The Kier molecular flexibility index (Phi) is 4.11. The Morgan fingerprint density at radius 1 is 1.25 bits per heavy atom. The maximum absolute atomic E-state index is 12.8. The van der Waals surface area contributed by atoms with E-state index in [0.29, 0.717) is 24.9 Å². The molecule has 2 heterocycles. The molecule has 0 unspecified atom stereocenters. The van der Waals surface area contributed by atoms with Crippen LogP contribution in [0.4, 0.5) is 19.0 Å². The topological polar surface area (TPSA) is 33.2 Å². The number of nitrogens with zero attached hydrogens (tertiary/aromatic N) is 2. The number of halogens is 3. The molecule has 1 saturated heterocycles. The van der Waals surface area contributed by atoms with E-state index in [9.17, 15) is 18.0 Å². The number of rotatable bonds is 3. The van der Waals surface area contributed by atoms with Crippen molar-refractivity contribution in [1.82, 2.24) is 4.98 Å². The molecule has 1 aromatic heterocycles. The molecule has 1 aliphatic rings. The van der Waals surface area contributed by atoms with Crippen LogP contribution in [0.15, 0.2) is 18.7 Å². The molecule has 3 nitrogen and oxygen atoms in total. The van der Waals surface area contributed by atoms with E-state index in [4.69, 9.17) is 0 Å². The lowest BCUT2D eigenvalue weighted by Crippen LogP contribution is -2.31. The van der Waals surface area contributed by atoms with Gasteiger partial charge in [-0.3, -0.25) is 4.79 Å². The van der Waals surface area contributed by atoms with Crippen molar-refractivity contribution in [2.24, 2.45) is 0 Å². The highest BCUT2D eigenvalue weighted by Gasteiger charge is 2.34. The first-order chi connectivity index (χ1) is 9.43. The van der Waals surface area contributed by atoms with Crippen molar-refractivity contribution in [1.29, 1.82) is 0 Å². The van der Waals surface area contributed by atoms with E-state index in [0.717, 1.165) is 25.3 Å². The Labute approximate surface area is 115 Å². The second kappa shape index (κ2) is 5.64. The summed E-state index contributed by atoms with van der Waals surface area (Å²) in [6.07, 6.45) is -1.08. The van der Waals surface area contributed by atoms with E-state index in [1.807, 2.05) is 0 Å². The first kappa shape index (κ1) is 14.6. The van der Waals surface area contributed by atoms with Crippen molar-refractivity contribution >= 4 is 17.7 Å². The lowest BCUT2D eigenvalue weighted by molar-refractivity contribution is -0.141. The molecule has 0 spiro atoms. The minimum Gasteiger partial charge on any atom is -0.356 e. The summed E-state index contributed by atoms with van der Waals surface area (Å²) in [6, 6.07) is 2.16. The van der Waals surface area contributed by atoms with Crippen molar-refractivity contribution < 1.29 is 18.0 Å². The maximum atomic E-state index is 12.8. The lowest BCUT2D eigenvalue weighted by atomic mass is 10.1. The largest absolute Gasteiger partial charge is 0.433 e. The molecule has 20 heavy (non-hydrogen) atoms. The highest BCUT2D eigenvalue weighted by Crippen LogP contribution is 2.33. The van der Waals surface area contributed by atoms with Gasteiger partial charge in [0, 0.05) is 24.2 Å². The van der Waals surface area contributed by atoms with Crippen LogP contribution < -0.4 is 4.90 Å². The summed E-state index contributed by atoms with van der Waals surface area (Å²) in [5.41, 5.74) is -0.428. The number of hydrogen-bond acceptors (Lipinski definition) is 3. The molecule has 2 rings (SSSR count). The summed E-state index contributed by atoms with van der Waals surface area (Å²) < 4.78 is 38.3. The molecule has 1 aromatic rings. The minimum atomic E-state index is -4.49. The fourth-order valence-corrected chi connectivity index (χ4v) is 2.27. The molecule has 0 bridgehead atoms. The standard InChI is InChI=1S/C14H15F3N2O/c1-10(9-20)11-5-6-12(14(15,16)17)18-13(11)19-7-3-2-4-8-19/h5-6,9H,1-4,7-8H2. The fourth-order valence-electron chi connectivity index (χ4n) is 2.27. The average Bonchev–Trinajstić information content (AvgIpc) is 2.46. The molecule has 0 radical (unpaired) electrons. The summed E-state index contributed by atoms with van der Waals surface area (Å²) in [6.45, 7) is 4.87. The van der Waals surface area contributed by atoms with Crippen LogP contribution in [-0.2, 0) is 11.0 Å². The number of aldehydes is 1. The number of pyridine rings is 1. The van der Waals surface area contributed by atoms with Gasteiger partial charge in [0.15, 0.2) is 0 Å². The van der Waals surface area contributed by atoms with Gasteiger partial charge in [-0.15, -0.1) is 0 Å². The first-order valence-electron chi connectivity index (χ1n) is 6.41. The van der Waals surface area contributed by atoms with Crippen LogP contribution in [0.1, 0.15) is 30.5 Å². The van der Waals surface area contributed by atoms with Crippen LogP contribution in [0.2, 0.25) is 0 Å². The van der Waals surface area contributed by atoms with Gasteiger partial charge in [-0.1, -0.05) is 6.58 Å². The van der Waals surface area contributed by atoms with Crippen LogP contribution in [0.25, 0.3) is 5.57 Å². The minimum absolute atomic E-state index is 0.145. The van der Waals surface area contributed by atoms with Gasteiger partial charge in [0.1, 0.15) is 17.8 Å². The zero-order valence-corrected chi connectivity index (χ0v) is 10.9. The van der Waals surface area contributed by atoms with Crippen molar-refractivity contribution in [2.75, 3.05) is 18.0 Å². The Bertz CT molecular complexity index is 520. The number of alkyl halides is 3. The maximum Gasteiger partial charge on any atom is 0.433 e. The zero-order valence-electron chi connectivity index (χ0n) is 10.9. The number of piperidine rings is 1. The van der Waals surface area contributed by atoms with E-state index in [1.165, 1.54) is 6.07 Å². The highest BCUT2D eigenvalue weighted by atomic mass is 19.4. The third-order valence-corrected chi connectivity index (χ3v) is 3.31. The van der Waals surface area contributed by atoms with Crippen LogP contribution in [0.5, 0.6) is 0 Å². The van der Waals surface area contributed by atoms with E-state index in [2.05, 4.69) is 11.6 Å². The summed E-state index contributed by atoms with van der Waals surface area (Å²) in [7, 11) is 0. The lowest BCUT2D eigenvalue weighted by Gasteiger charge is -2.30. The summed E-state index contributed by atoms with van der Waals surface area (Å²) >= 11 is 0. The smallest absolute Gasteiger partial charge is 0.356 e. The van der Waals surface area contributed by atoms with Crippen LogP contribution >= 0.6 is 0 Å². The monoisotopic (exact) mass is 284 g/mol. The Morgan fingerprint density at radius 3 is 2.45 bits per heavy atom. The van der Waals surface area contributed by atoms with E-state index >= 15 is 0 Å². The number of allylic oxidation sites excluding steroid dienone is 1. The normalized spacial score (nSPS) is 16.1. The second-order valence-corrected chi connectivity index (χ2v) is 4.76. The Balaban J connectivity index is 2.47. The molecule has 0 atom stereocenters. The fraction of sp³-hybridized carbons (Fsp3) is 0.429. The summed E-state index contributed by atoms with van der Waals surface area (Å²) in [5, 5.41) is 0. The number of carbonyl (C=O) groups excluding carboxylic acids is 1. The third-order valence-electron chi connectivity index (χ3n) is 3.31. The van der Waals surface area contributed by atoms with Gasteiger partial charge in [-0.2, -0.15) is 13.2 Å². The molecule has 0 aliphatic carbocycles. The van der Waals surface area contributed by atoms with Gasteiger partial charge >= 0.3 is 6.18 Å². The number of hydrogen-bond donors (Lipinski definition) is 0. The van der Waals surface area contributed by atoms with E-state index in [-0.39, 0.29) is 11.4 Å². The number of carbonyl (C=O) groups is 1. The first-order valence-corrected chi connectivity index (χ1v) is 6.41. The second-order valence-electron chi connectivity index (χ2n) is 4.76. The van der Waals surface area contributed by atoms with E-state index in [1.54, 1.807) is 4.90 Å². The predicted octanol–water partition coefficient (Wildman–Crippen LogP) is 3.30. The predicted molar refractivity (Wildman–Crippen MR) is 70.4 cm³/mol. The van der Waals surface area contributed by atoms with Gasteiger partial charge in [0.05, 0.1) is 0 Å². The van der Waals surface area contributed by atoms with Gasteiger partial charge in [0.2, 0.25) is 0 Å². The molecule has 1 fully saturated rings. The zero-order chi connectivity index (χ0) is 14.8. The van der Waals surface area contributed by atoms with Crippen molar-refractivity contribution in [3.05, 3.63) is 30.0 Å². The summed E-state index contributed by atoms with van der Waals surface area (Å²) in [4.78, 5) is 16.4. The van der Waals surface area contributed by atoms with Gasteiger partial charge in [-0.05, 0) is 31.4 Å². The quantitative estimate of drug-likeness (QED) is 0.630. The Hall–Kier alpha value is -1.85. The SMILES string of the molecule is C=C(C=O)c1ccc(C(F)(F)F)nc1N1CCCCC1. The van der Waals surface area contributed by atoms with Crippen molar-refractivity contribution in [2.45, 2.75) is 25.4 Å². The van der Waals surface area contributed by atoms with Crippen molar-refractivity contribution in [3.63, 3.8) is 0 Å². The van der Waals surface area contributed by atoms with Gasteiger partial charge in [-0.25, -0.2) is 4.98 Å². The average molecular weight is 284 g/mol. The Morgan fingerprint density at radius 2 is 1.90 bits per heavy atom.